The Bertz CT molecular complexity index is 932. The van der Waals surface area contributed by atoms with Crippen LogP contribution in [0.2, 0.25) is 0 Å². The summed E-state index contributed by atoms with van der Waals surface area (Å²) in [4.78, 5) is 8.75. The van der Waals surface area contributed by atoms with Crippen molar-refractivity contribution in [1.29, 1.82) is 0 Å². The van der Waals surface area contributed by atoms with Crippen molar-refractivity contribution < 1.29 is 22.1 Å². The minimum Gasteiger partial charge on any atom is -0.432 e. The minimum absolute atomic E-state index is 0.0610. The molecule has 3 N–H and O–H groups in total. The molecule has 0 bridgehead atoms. The van der Waals surface area contributed by atoms with Gasteiger partial charge in [-0.2, -0.15) is 13.2 Å². The van der Waals surface area contributed by atoms with Gasteiger partial charge in [-0.1, -0.05) is 26.8 Å². The highest BCUT2D eigenvalue weighted by Gasteiger charge is 2.29. The number of aromatic nitrogens is 2. The smallest absolute Gasteiger partial charge is 0.432 e. The lowest BCUT2D eigenvalue weighted by molar-refractivity contribution is -0.0396. The maximum atomic E-state index is 12.1. The summed E-state index contributed by atoms with van der Waals surface area (Å²) < 4.78 is 46.8. The highest BCUT2D eigenvalue weighted by molar-refractivity contribution is 7.95. The Hall–Kier alpha value is -1.95. The number of nitrogens with one attached hydrogen (secondary N) is 1. The molecule has 0 saturated heterocycles. The number of benzene rings is 1. The molecule has 11 heteroatoms. The van der Waals surface area contributed by atoms with Gasteiger partial charge in [0.25, 0.3) is 5.17 Å². The molecule has 0 aliphatic heterocycles. The van der Waals surface area contributed by atoms with Crippen molar-refractivity contribution in [2.24, 2.45) is 5.73 Å². The van der Waals surface area contributed by atoms with Crippen LogP contribution in [0, 0.1) is 13.8 Å². The van der Waals surface area contributed by atoms with Crippen molar-refractivity contribution >= 4 is 29.4 Å². The van der Waals surface area contributed by atoms with Crippen LogP contribution in [0.4, 0.5) is 13.2 Å². The standard InChI is InChI=1S/C21H27F3N4O2S2/c1-12-9-16(13(2)8-14(12)6-7-29-32-21(22,23)24)30-19(31)28-18(25)15-10-27-17(11-26-15)20(3,4)5/h8-11,18H,6-7,25H2,1-5H3,(H,28,31). The summed E-state index contributed by atoms with van der Waals surface area (Å²) in [6, 6.07) is 3.62. The van der Waals surface area contributed by atoms with E-state index in [1.807, 2.05) is 40.7 Å². The van der Waals surface area contributed by atoms with Crippen molar-refractivity contribution in [2.45, 2.75) is 58.1 Å². The minimum atomic E-state index is -4.41. The number of halogens is 3. The summed E-state index contributed by atoms with van der Waals surface area (Å²) in [5.74, 6) is 0.524. The van der Waals surface area contributed by atoms with Crippen LogP contribution in [0.25, 0.3) is 0 Å². The molecule has 0 spiro atoms. The number of thiocarbonyl (C=S) groups is 1. The molecular weight excluding hydrogens is 461 g/mol. The number of hydrogen-bond acceptors (Lipinski definition) is 7. The van der Waals surface area contributed by atoms with E-state index in [2.05, 4.69) is 19.5 Å². The zero-order valence-corrected chi connectivity index (χ0v) is 20.2. The molecule has 32 heavy (non-hydrogen) atoms. The van der Waals surface area contributed by atoms with E-state index in [0.717, 1.165) is 22.4 Å². The normalized spacial score (nSPS) is 13.0. The molecule has 6 nitrogen and oxygen atoms in total. The van der Waals surface area contributed by atoms with Crippen LogP contribution in [0.1, 0.15) is 55.0 Å². The van der Waals surface area contributed by atoms with Crippen molar-refractivity contribution in [3.05, 3.63) is 52.6 Å². The van der Waals surface area contributed by atoms with Gasteiger partial charge in [-0.15, -0.1) is 0 Å². The van der Waals surface area contributed by atoms with Gasteiger partial charge in [-0.25, -0.2) is 0 Å². The molecular formula is C21H27F3N4O2S2. The number of hydrogen-bond donors (Lipinski definition) is 2. The number of aryl methyl sites for hydroxylation is 2. The van der Waals surface area contributed by atoms with Gasteiger partial charge in [0, 0.05) is 11.6 Å². The Balaban J connectivity index is 1.95. The Morgan fingerprint density at radius 3 is 2.41 bits per heavy atom. The van der Waals surface area contributed by atoms with Crippen molar-refractivity contribution in [3.8, 4) is 5.75 Å². The van der Waals surface area contributed by atoms with Gasteiger partial charge in [0.15, 0.2) is 0 Å². The summed E-state index contributed by atoms with van der Waals surface area (Å²) in [6.07, 6.45) is 2.93. The SMILES string of the molecule is Cc1cc(OC(=S)NC(N)c2cnc(C(C)(C)C)cn2)c(C)cc1CCOSC(F)(F)F. The number of alkyl halides is 3. The van der Waals surface area contributed by atoms with Gasteiger partial charge >= 0.3 is 5.51 Å². The average Bonchev–Trinajstić information content (AvgIpc) is 2.67. The highest BCUT2D eigenvalue weighted by atomic mass is 32.2. The predicted molar refractivity (Wildman–Crippen MR) is 123 cm³/mol. The second kappa shape index (κ2) is 10.8. The molecule has 1 heterocycles. The van der Waals surface area contributed by atoms with E-state index in [0.29, 0.717) is 17.9 Å². The number of rotatable bonds is 7. The predicted octanol–water partition coefficient (Wildman–Crippen LogP) is 5.03. The van der Waals surface area contributed by atoms with E-state index in [-0.39, 0.29) is 17.2 Å². The number of nitrogens with two attached hydrogens (primary N) is 1. The van der Waals surface area contributed by atoms with Gasteiger partial charge in [-0.3, -0.25) is 9.97 Å². The van der Waals surface area contributed by atoms with Crippen LogP contribution in [0.3, 0.4) is 0 Å². The van der Waals surface area contributed by atoms with Crippen molar-refractivity contribution in [1.82, 2.24) is 15.3 Å². The van der Waals surface area contributed by atoms with Crippen LogP contribution in [0.15, 0.2) is 24.5 Å². The fourth-order valence-electron chi connectivity index (χ4n) is 2.71. The number of ether oxygens (including phenoxy) is 1. The third-order valence-corrected chi connectivity index (χ3v) is 5.15. The zero-order valence-electron chi connectivity index (χ0n) is 18.5. The summed E-state index contributed by atoms with van der Waals surface area (Å²) in [7, 11) is 0. The van der Waals surface area contributed by atoms with Crippen LogP contribution in [-0.2, 0) is 16.0 Å². The molecule has 1 aromatic heterocycles. The topological polar surface area (TPSA) is 82.3 Å². The summed E-state index contributed by atoms with van der Waals surface area (Å²) in [5, 5.41) is 2.94. The van der Waals surface area contributed by atoms with Crippen LogP contribution >= 0.6 is 24.3 Å². The Morgan fingerprint density at radius 2 is 1.84 bits per heavy atom. The molecule has 1 aromatic carbocycles. The lowest BCUT2D eigenvalue weighted by Gasteiger charge is -2.20. The van der Waals surface area contributed by atoms with E-state index in [9.17, 15) is 13.2 Å². The van der Waals surface area contributed by atoms with Gasteiger partial charge in [-0.05, 0) is 55.2 Å². The molecule has 0 fully saturated rings. The first-order chi connectivity index (χ1) is 14.8. The first-order valence-corrected chi connectivity index (χ1v) is 10.9. The maximum absolute atomic E-state index is 12.1. The third kappa shape index (κ3) is 8.19. The Labute approximate surface area is 195 Å². The van der Waals surface area contributed by atoms with E-state index in [4.69, 9.17) is 22.7 Å². The fourth-order valence-corrected chi connectivity index (χ4v) is 3.22. The Kier molecular flexibility index (Phi) is 8.86. The highest BCUT2D eigenvalue weighted by Crippen LogP contribution is 2.31. The lowest BCUT2D eigenvalue weighted by Crippen LogP contribution is -2.36. The quantitative estimate of drug-likeness (QED) is 0.243. The summed E-state index contributed by atoms with van der Waals surface area (Å²) in [6.45, 7) is 9.73. The van der Waals surface area contributed by atoms with E-state index >= 15 is 0 Å². The summed E-state index contributed by atoms with van der Waals surface area (Å²) >= 11 is 4.77. The van der Waals surface area contributed by atoms with Gasteiger partial charge in [0.1, 0.15) is 24.0 Å². The van der Waals surface area contributed by atoms with Gasteiger partial charge in [0.2, 0.25) is 0 Å². The van der Waals surface area contributed by atoms with Crippen LogP contribution in [0.5, 0.6) is 5.75 Å². The first-order valence-electron chi connectivity index (χ1n) is 9.80. The molecule has 0 aliphatic carbocycles. The van der Waals surface area contributed by atoms with E-state index < -0.39 is 23.7 Å². The molecule has 1 unspecified atom stereocenters. The lowest BCUT2D eigenvalue weighted by atomic mass is 9.93. The second-order valence-electron chi connectivity index (χ2n) is 8.23. The average molecular weight is 489 g/mol. The second-order valence-corrected chi connectivity index (χ2v) is 9.47. The Morgan fingerprint density at radius 1 is 1.16 bits per heavy atom. The largest absolute Gasteiger partial charge is 0.467 e. The molecule has 0 aliphatic rings. The van der Waals surface area contributed by atoms with Crippen molar-refractivity contribution in [2.75, 3.05) is 6.61 Å². The van der Waals surface area contributed by atoms with E-state index in [1.54, 1.807) is 18.5 Å². The van der Waals surface area contributed by atoms with E-state index in [1.165, 1.54) is 0 Å². The van der Waals surface area contributed by atoms with Crippen LogP contribution < -0.4 is 15.8 Å². The molecule has 2 rings (SSSR count). The maximum Gasteiger partial charge on any atom is 0.467 e. The molecule has 0 saturated carbocycles. The molecule has 176 valence electrons. The fraction of sp³-hybridized carbons (Fsp3) is 0.476. The van der Waals surface area contributed by atoms with Gasteiger partial charge in [0.05, 0.1) is 24.2 Å². The van der Waals surface area contributed by atoms with Crippen molar-refractivity contribution in [3.63, 3.8) is 0 Å². The third-order valence-electron chi connectivity index (χ3n) is 4.48. The summed E-state index contributed by atoms with van der Waals surface area (Å²) in [5.41, 5.74) is 5.45. The zero-order chi connectivity index (χ0) is 24.1. The van der Waals surface area contributed by atoms with Crippen LogP contribution in [-0.4, -0.2) is 27.3 Å². The monoisotopic (exact) mass is 488 g/mol. The molecule has 1 atom stereocenters. The molecule has 2 aromatic rings. The first kappa shape index (κ1) is 26.3. The number of nitrogens with zero attached hydrogens (tertiary/aromatic N) is 2. The van der Waals surface area contributed by atoms with Gasteiger partial charge < -0.3 is 20.0 Å². The molecule has 0 radical (unpaired) electrons. The molecule has 0 amide bonds.